The lowest BCUT2D eigenvalue weighted by atomic mass is 10.0. The van der Waals surface area contributed by atoms with Crippen LogP contribution >= 0.6 is 0 Å². The Hall–Kier alpha value is -0.260. The Balaban J connectivity index is 2.02. The highest BCUT2D eigenvalue weighted by molar-refractivity contribution is 4.90. The molecule has 0 aliphatic carbocycles. The molecule has 0 aromatic heterocycles. The van der Waals surface area contributed by atoms with E-state index in [9.17, 15) is 8.78 Å². The summed E-state index contributed by atoms with van der Waals surface area (Å²) >= 11 is 0. The van der Waals surface area contributed by atoms with Crippen LogP contribution in [0.2, 0.25) is 0 Å². The Kier molecular flexibility index (Phi) is 4.22. The summed E-state index contributed by atoms with van der Waals surface area (Å²) in [5.74, 6) is 0. The molecule has 1 heterocycles. The number of likely N-dealkylation sites (N-methyl/N-ethyl adjacent to an activating group) is 1. The fourth-order valence-corrected chi connectivity index (χ4v) is 1.35. The van der Waals surface area contributed by atoms with Gasteiger partial charge in [0, 0.05) is 19.6 Å². The van der Waals surface area contributed by atoms with Crippen LogP contribution in [0.1, 0.15) is 6.92 Å². The average molecular weight is 208 g/mol. The van der Waals surface area contributed by atoms with E-state index in [4.69, 9.17) is 4.74 Å². The van der Waals surface area contributed by atoms with Crippen LogP contribution in [0.4, 0.5) is 8.78 Å². The van der Waals surface area contributed by atoms with Crippen molar-refractivity contribution in [2.75, 3.05) is 39.8 Å². The van der Waals surface area contributed by atoms with Gasteiger partial charge in [-0.05, 0) is 14.0 Å². The second kappa shape index (κ2) is 5.00. The van der Waals surface area contributed by atoms with Gasteiger partial charge in [0.15, 0.2) is 0 Å². The van der Waals surface area contributed by atoms with E-state index in [-0.39, 0.29) is 12.1 Å². The number of hydrogen-bond acceptors (Lipinski definition) is 3. The predicted octanol–water partition coefficient (Wildman–Crippen LogP) is 0.562. The second-order valence-corrected chi connectivity index (χ2v) is 4.06. The minimum Gasteiger partial charge on any atom is -0.371 e. The third-order valence-corrected chi connectivity index (χ3v) is 2.37. The first kappa shape index (κ1) is 11.8. The maximum absolute atomic E-state index is 11.9. The van der Waals surface area contributed by atoms with Crippen LogP contribution in [0.5, 0.6) is 0 Å². The van der Waals surface area contributed by atoms with E-state index in [2.05, 4.69) is 5.32 Å². The highest BCUT2D eigenvalue weighted by Gasteiger charge is 2.32. The highest BCUT2D eigenvalue weighted by atomic mass is 19.3. The third kappa shape index (κ3) is 3.86. The number of ether oxygens (including phenoxy) is 1. The quantitative estimate of drug-likeness (QED) is 0.690. The van der Waals surface area contributed by atoms with Crippen LogP contribution < -0.4 is 5.32 Å². The fourth-order valence-electron chi connectivity index (χ4n) is 1.35. The Morgan fingerprint density at radius 1 is 1.50 bits per heavy atom. The topological polar surface area (TPSA) is 24.5 Å². The van der Waals surface area contributed by atoms with Gasteiger partial charge in [0.2, 0.25) is 0 Å². The molecule has 1 N–H and O–H groups in total. The molecule has 0 spiro atoms. The summed E-state index contributed by atoms with van der Waals surface area (Å²) < 4.78 is 29.4. The van der Waals surface area contributed by atoms with E-state index in [0.717, 1.165) is 13.1 Å². The first-order chi connectivity index (χ1) is 6.52. The normalized spacial score (nSPS) is 20.1. The van der Waals surface area contributed by atoms with Gasteiger partial charge in [-0.25, -0.2) is 8.78 Å². The van der Waals surface area contributed by atoms with Gasteiger partial charge in [-0.2, -0.15) is 0 Å². The lowest BCUT2D eigenvalue weighted by Crippen LogP contribution is -2.59. The molecule has 0 atom stereocenters. The number of nitrogens with one attached hydrogen (secondary N) is 1. The monoisotopic (exact) mass is 208 g/mol. The van der Waals surface area contributed by atoms with Crippen LogP contribution in [0.15, 0.2) is 0 Å². The van der Waals surface area contributed by atoms with Crippen LogP contribution in [-0.4, -0.2) is 56.8 Å². The molecule has 3 nitrogen and oxygen atoms in total. The van der Waals surface area contributed by atoms with Gasteiger partial charge in [-0.1, -0.05) is 0 Å². The number of alkyl halides is 2. The fraction of sp³-hybridized carbons (Fsp3) is 1.00. The molecule has 14 heavy (non-hydrogen) atoms. The first-order valence-corrected chi connectivity index (χ1v) is 4.83. The number of hydrogen-bond donors (Lipinski definition) is 1. The predicted molar refractivity (Wildman–Crippen MR) is 50.7 cm³/mol. The van der Waals surface area contributed by atoms with Gasteiger partial charge >= 0.3 is 0 Å². The van der Waals surface area contributed by atoms with Crippen molar-refractivity contribution >= 4 is 0 Å². The van der Waals surface area contributed by atoms with E-state index in [1.807, 2.05) is 6.92 Å². The van der Waals surface area contributed by atoms with Crippen molar-refractivity contribution in [1.82, 2.24) is 10.2 Å². The Labute approximate surface area is 83.4 Å². The molecule has 0 unspecified atom stereocenters. The standard InChI is InChI=1S/C9H18F2N2O/c1-9(6-12-7-9)14-4-3-13(2)5-8(10)11/h8,12H,3-7H2,1-2H3. The number of halogens is 2. The maximum atomic E-state index is 11.9. The first-order valence-electron chi connectivity index (χ1n) is 4.83. The zero-order valence-corrected chi connectivity index (χ0v) is 8.72. The van der Waals surface area contributed by atoms with Gasteiger partial charge in [-0.3, -0.25) is 4.90 Å². The minimum atomic E-state index is -2.26. The van der Waals surface area contributed by atoms with Crippen LogP contribution in [0.3, 0.4) is 0 Å². The molecule has 1 aliphatic heterocycles. The van der Waals surface area contributed by atoms with E-state index in [1.54, 1.807) is 11.9 Å². The lowest BCUT2D eigenvalue weighted by Gasteiger charge is -2.39. The molecule has 0 amide bonds. The van der Waals surface area contributed by atoms with Crippen molar-refractivity contribution in [3.8, 4) is 0 Å². The molecule has 5 heteroatoms. The minimum absolute atomic E-state index is 0.0777. The Morgan fingerprint density at radius 2 is 2.14 bits per heavy atom. The van der Waals surface area contributed by atoms with Gasteiger partial charge in [-0.15, -0.1) is 0 Å². The van der Waals surface area contributed by atoms with E-state index in [1.165, 1.54) is 0 Å². The zero-order chi connectivity index (χ0) is 10.6. The van der Waals surface area contributed by atoms with Crippen molar-refractivity contribution in [2.45, 2.75) is 19.0 Å². The zero-order valence-electron chi connectivity index (χ0n) is 8.72. The van der Waals surface area contributed by atoms with Crippen molar-refractivity contribution < 1.29 is 13.5 Å². The summed E-state index contributed by atoms with van der Waals surface area (Å²) in [6, 6.07) is 0. The largest absolute Gasteiger partial charge is 0.371 e. The Bertz CT molecular complexity index is 174. The van der Waals surface area contributed by atoms with E-state index < -0.39 is 6.43 Å². The molecule has 1 saturated heterocycles. The number of nitrogens with zero attached hydrogens (tertiary/aromatic N) is 1. The summed E-state index contributed by atoms with van der Waals surface area (Å²) in [7, 11) is 1.68. The highest BCUT2D eigenvalue weighted by Crippen LogP contribution is 2.14. The van der Waals surface area contributed by atoms with Gasteiger partial charge < -0.3 is 10.1 Å². The SMILES string of the molecule is CN(CCOC1(C)CNC1)CC(F)F. The summed E-state index contributed by atoms with van der Waals surface area (Å²) in [4.78, 5) is 1.58. The summed E-state index contributed by atoms with van der Waals surface area (Å²) in [5, 5.41) is 3.11. The molecular formula is C9H18F2N2O. The Morgan fingerprint density at radius 3 is 2.57 bits per heavy atom. The lowest BCUT2D eigenvalue weighted by molar-refractivity contribution is -0.0726. The van der Waals surface area contributed by atoms with Crippen molar-refractivity contribution in [2.24, 2.45) is 0 Å². The molecule has 0 radical (unpaired) electrons. The smallest absolute Gasteiger partial charge is 0.251 e. The average Bonchev–Trinajstić information content (AvgIpc) is 1.99. The van der Waals surface area contributed by atoms with Crippen molar-refractivity contribution in [1.29, 1.82) is 0 Å². The second-order valence-electron chi connectivity index (χ2n) is 4.06. The summed E-state index contributed by atoms with van der Waals surface area (Å²) in [6.45, 7) is 4.62. The van der Waals surface area contributed by atoms with Crippen LogP contribution in [0.25, 0.3) is 0 Å². The molecule has 0 aromatic carbocycles. The molecule has 1 aliphatic rings. The van der Waals surface area contributed by atoms with E-state index >= 15 is 0 Å². The number of rotatable bonds is 6. The van der Waals surface area contributed by atoms with Gasteiger partial charge in [0.05, 0.1) is 18.8 Å². The summed E-state index contributed by atoms with van der Waals surface area (Å²) in [6.07, 6.45) is -2.26. The summed E-state index contributed by atoms with van der Waals surface area (Å²) in [5.41, 5.74) is -0.0777. The molecule has 1 fully saturated rings. The molecule has 0 saturated carbocycles. The van der Waals surface area contributed by atoms with Gasteiger partial charge in [0.25, 0.3) is 6.43 Å². The van der Waals surface area contributed by atoms with Crippen molar-refractivity contribution in [3.63, 3.8) is 0 Å². The molecule has 0 bridgehead atoms. The van der Waals surface area contributed by atoms with Crippen LogP contribution in [-0.2, 0) is 4.74 Å². The molecular weight excluding hydrogens is 190 g/mol. The molecule has 0 aromatic rings. The molecule has 84 valence electrons. The third-order valence-electron chi connectivity index (χ3n) is 2.37. The van der Waals surface area contributed by atoms with Crippen LogP contribution in [0, 0.1) is 0 Å². The van der Waals surface area contributed by atoms with Gasteiger partial charge in [0.1, 0.15) is 0 Å². The van der Waals surface area contributed by atoms with E-state index in [0.29, 0.717) is 13.2 Å². The maximum Gasteiger partial charge on any atom is 0.251 e. The van der Waals surface area contributed by atoms with Crippen molar-refractivity contribution in [3.05, 3.63) is 0 Å². The molecule has 1 rings (SSSR count).